The molecule has 2 aromatic carbocycles. The Morgan fingerprint density at radius 1 is 0.923 bits per heavy atom. The van der Waals surface area contributed by atoms with Crippen LogP contribution in [0.2, 0.25) is 0 Å². The number of hydrogen-bond acceptors (Lipinski definition) is 4. The van der Waals surface area contributed by atoms with Crippen LogP contribution in [0.4, 0.5) is 17.1 Å². The van der Waals surface area contributed by atoms with Gasteiger partial charge < -0.3 is 22.1 Å². The van der Waals surface area contributed by atoms with E-state index in [0.29, 0.717) is 22.6 Å². The summed E-state index contributed by atoms with van der Waals surface area (Å²) >= 11 is 0. The number of nitrogen functional groups attached to an aromatic ring is 1. The van der Waals surface area contributed by atoms with E-state index in [1.54, 1.807) is 54.6 Å². The maximum Gasteiger partial charge on any atom is 0.255 e. The minimum absolute atomic E-state index is 0.229. The van der Waals surface area contributed by atoms with Crippen molar-refractivity contribution in [3.8, 4) is 0 Å². The van der Waals surface area contributed by atoms with E-state index in [1.165, 1.54) is 0 Å². The molecule has 1 aliphatic rings. The number of para-hydroxylation sites is 1. The Kier molecular flexibility index (Phi) is 4.86. The van der Waals surface area contributed by atoms with Crippen LogP contribution in [0.15, 0.2) is 78.4 Å². The van der Waals surface area contributed by atoms with Crippen molar-refractivity contribution in [1.29, 1.82) is 0 Å². The van der Waals surface area contributed by atoms with Crippen molar-refractivity contribution in [1.82, 2.24) is 0 Å². The van der Waals surface area contributed by atoms with E-state index in [2.05, 4.69) is 10.6 Å². The van der Waals surface area contributed by atoms with Gasteiger partial charge in [0, 0.05) is 22.6 Å². The maximum absolute atomic E-state index is 12.5. The van der Waals surface area contributed by atoms with Crippen molar-refractivity contribution >= 4 is 28.9 Å². The van der Waals surface area contributed by atoms with Crippen LogP contribution in [-0.2, 0) is 9.59 Å². The maximum atomic E-state index is 12.5. The van der Waals surface area contributed by atoms with Crippen LogP contribution < -0.4 is 22.1 Å². The topological polar surface area (TPSA) is 110 Å². The highest BCUT2D eigenvalue weighted by atomic mass is 16.2. The molecule has 0 bridgehead atoms. The van der Waals surface area contributed by atoms with Crippen molar-refractivity contribution in [3.05, 3.63) is 78.4 Å². The quantitative estimate of drug-likeness (QED) is 0.636. The van der Waals surface area contributed by atoms with E-state index < -0.39 is 5.54 Å². The van der Waals surface area contributed by atoms with Gasteiger partial charge in [0.2, 0.25) is 5.91 Å². The van der Waals surface area contributed by atoms with Crippen molar-refractivity contribution in [2.24, 2.45) is 5.73 Å². The standard InChI is InChI=1S/C20H20N4O2/c21-15-6-8-17(9-7-15)23-18(25)14-10-12-20(22,13-11-14)19(26)24-16-4-2-1-3-5-16/h1-12H,13,21-22H2,(H,23,25)(H,24,26). The molecule has 1 aliphatic carbocycles. The molecule has 0 saturated heterocycles. The van der Waals surface area contributed by atoms with Crippen molar-refractivity contribution in [2.45, 2.75) is 12.0 Å². The number of rotatable bonds is 4. The number of nitrogens with one attached hydrogen (secondary N) is 2. The van der Waals surface area contributed by atoms with Crippen LogP contribution in [-0.4, -0.2) is 17.4 Å². The number of carbonyl (C=O) groups is 2. The first-order chi connectivity index (χ1) is 12.5. The van der Waals surface area contributed by atoms with Gasteiger partial charge >= 0.3 is 0 Å². The number of nitrogens with two attached hydrogens (primary N) is 2. The summed E-state index contributed by atoms with van der Waals surface area (Å²) in [7, 11) is 0. The van der Waals surface area contributed by atoms with Gasteiger partial charge in [-0.05, 0) is 42.8 Å². The molecular weight excluding hydrogens is 328 g/mol. The Labute approximate surface area is 151 Å². The molecule has 2 aromatic rings. The van der Waals surface area contributed by atoms with Gasteiger partial charge in [0.05, 0.1) is 0 Å². The number of carbonyl (C=O) groups excluding carboxylic acids is 2. The Morgan fingerprint density at radius 3 is 2.19 bits per heavy atom. The Bertz CT molecular complexity index is 872. The van der Waals surface area contributed by atoms with Gasteiger partial charge in [-0.15, -0.1) is 0 Å². The van der Waals surface area contributed by atoms with Crippen molar-refractivity contribution < 1.29 is 9.59 Å². The number of hydrogen-bond donors (Lipinski definition) is 4. The summed E-state index contributed by atoms with van der Waals surface area (Å²) in [6.07, 6.45) is 5.02. The van der Waals surface area contributed by atoms with Crippen LogP contribution >= 0.6 is 0 Å². The minimum Gasteiger partial charge on any atom is -0.399 e. The van der Waals surface area contributed by atoms with E-state index >= 15 is 0 Å². The van der Waals surface area contributed by atoms with Crippen LogP contribution in [0.25, 0.3) is 0 Å². The van der Waals surface area contributed by atoms with Crippen LogP contribution in [0, 0.1) is 0 Å². The largest absolute Gasteiger partial charge is 0.399 e. The summed E-state index contributed by atoms with van der Waals surface area (Å²) in [5.41, 5.74) is 13.0. The highest BCUT2D eigenvalue weighted by molar-refractivity contribution is 6.07. The molecule has 26 heavy (non-hydrogen) atoms. The molecule has 0 aromatic heterocycles. The molecule has 6 heteroatoms. The van der Waals surface area contributed by atoms with E-state index in [1.807, 2.05) is 18.2 Å². The fourth-order valence-corrected chi connectivity index (χ4v) is 2.53. The molecule has 1 unspecified atom stereocenters. The molecule has 0 saturated carbocycles. The van der Waals surface area contributed by atoms with Crippen molar-refractivity contribution in [2.75, 3.05) is 16.4 Å². The van der Waals surface area contributed by atoms with E-state index in [9.17, 15) is 9.59 Å². The second kappa shape index (κ2) is 7.25. The molecule has 0 aliphatic heterocycles. The zero-order chi connectivity index (χ0) is 18.6. The highest BCUT2D eigenvalue weighted by Gasteiger charge is 2.33. The SMILES string of the molecule is Nc1ccc(NC(=O)C2=CCC(N)(C(=O)Nc3ccccc3)C=C2)cc1. The fourth-order valence-electron chi connectivity index (χ4n) is 2.53. The van der Waals surface area contributed by atoms with Crippen LogP contribution in [0.5, 0.6) is 0 Å². The normalized spacial score (nSPS) is 18.7. The average Bonchev–Trinajstić information content (AvgIpc) is 2.65. The first kappa shape index (κ1) is 17.4. The molecule has 132 valence electrons. The molecule has 1 atom stereocenters. The lowest BCUT2D eigenvalue weighted by Crippen LogP contribution is -2.50. The van der Waals surface area contributed by atoms with Gasteiger partial charge in [0.25, 0.3) is 5.91 Å². The van der Waals surface area contributed by atoms with Crippen molar-refractivity contribution in [3.63, 3.8) is 0 Å². The van der Waals surface area contributed by atoms with Gasteiger partial charge in [-0.1, -0.05) is 36.4 Å². The lowest BCUT2D eigenvalue weighted by Gasteiger charge is -2.26. The zero-order valence-electron chi connectivity index (χ0n) is 14.1. The lowest BCUT2D eigenvalue weighted by atomic mass is 9.88. The molecule has 0 heterocycles. The molecule has 6 nitrogen and oxygen atoms in total. The summed E-state index contributed by atoms with van der Waals surface area (Å²) in [5, 5.41) is 5.56. The summed E-state index contributed by atoms with van der Waals surface area (Å²) < 4.78 is 0. The number of anilines is 3. The lowest BCUT2D eigenvalue weighted by molar-refractivity contribution is -0.119. The monoisotopic (exact) mass is 348 g/mol. The Balaban J connectivity index is 1.63. The molecule has 2 amide bonds. The number of amides is 2. The predicted molar refractivity (Wildman–Crippen MR) is 103 cm³/mol. The van der Waals surface area contributed by atoms with E-state index in [0.717, 1.165) is 0 Å². The molecular formula is C20H20N4O2. The van der Waals surface area contributed by atoms with E-state index in [-0.39, 0.29) is 18.2 Å². The Morgan fingerprint density at radius 2 is 1.58 bits per heavy atom. The third-order valence-corrected chi connectivity index (χ3v) is 4.11. The molecule has 0 fully saturated rings. The first-order valence-electron chi connectivity index (χ1n) is 8.18. The molecule has 3 rings (SSSR count). The summed E-state index contributed by atoms with van der Waals surface area (Å²) in [6.45, 7) is 0. The van der Waals surface area contributed by atoms with Gasteiger partial charge in [0.15, 0.2) is 0 Å². The molecule has 6 N–H and O–H groups in total. The van der Waals surface area contributed by atoms with Gasteiger partial charge in [-0.3, -0.25) is 9.59 Å². The second-order valence-corrected chi connectivity index (χ2v) is 6.13. The molecule has 0 spiro atoms. The predicted octanol–water partition coefficient (Wildman–Crippen LogP) is 2.43. The van der Waals surface area contributed by atoms with Gasteiger partial charge in [-0.2, -0.15) is 0 Å². The van der Waals surface area contributed by atoms with Crippen LogP contribution in [0.1, 0.15) is 6.42 Å². The van der Waals surface area contributed by atoms with E-state index in [4.69, 9.17) is 11.5 Å². The van der Waals surface area contributed by atoms with Crippen LogP contribution in [0.3, 0.4) is 0 Å². The highest BCUT2D eigenvalue weighted by Crippen LogP contribution is 2.22. The fraction of sp³-hybridized carbons (Fsp3) is 0.100. The Hall–Kier alpha value is -3.38. The minimum atomic E-state index is -1.19. The third kappa shape index (κ3) is 3.99. The smallest absolute Gasteiger partial charge is 0.255 e. The molecule has 0 radical (unpaired) electrons. The average molecular weight is 348 g/mol. The number of benzene rings is 2. The summed E-state index contributed by atoms with van der Waals surface area (Å²) in [5.74, 6) is -0.592. The second-order valence-electron chi connectivity index (χ2n) is 6.13. The zero-order valence-corrected chi connectivity index (χ0v) is 14.1. The summed E-state index contributed by atoms with van der Waals surface area (Å²) in [6, 6.07) is 16.0. The van der Waals surface area contributed by atoms with Gasteiger partial charge in [0.1, 0.15) is 5.54 Å². The summed E-state index contributed by atoms with van der Waals surface area (Å²) in [4.78, 5) is 24.8. The van der Waals surface area contributed by atoms with Gasteiger partial charge in [-0.25, -0.2) is 0 Å². The first-order valence-corrected chi connectivity index (χ1v) is 8.18. The third-order valence-electron chi connectivity index (χ3n) is 4.11.